The van der Waals surface area contributed by atoms with E-state index in [-0.39, 0.29) is 0 Å². The Labute approximate surface area is 103 Å². The van der Waals surface area contributed by atoms with Gasteiger partial charge in [-0.1, -0.05) is 0 Å². The molecular weight excluding hydrogens is 232 g/mol. The third-order valence-corrected chi connectivity index (χ3v) is 3.78. The highest BCUT2D eigenvalue weighted by molar-refractivity contribution is 7.15. The molecule has 3 aromatic heterocycles. The van der Waals surface area contributed by atoms with E-state index in [1.165, 1.54) is 11.3 Å². The van der Waals surface area contributed by atoms with Crippen LogP contribution in [-0.2, 0) is 6.42 Å². The number of nitrogens with one attached hydrogen (secondary N) is 1. The molecule has 0 saturated heterocycles. The number of H-pyrrole nitrogens is 1. The van der Waals surface area contributed by atoms with Crippen molar-refractivity contribution in [2.75, 3.05) is 6.54 Å². The molecule has 17 heavy (non-hydrogen) atoms. The third kappa shape index (κ3) is 1.67. The quantitative estimate of drug-likeness (QED) is 0.744. The minimum Gasteiger partial charge on any atom is -0.360 e. The first kappa shape index (κ1) is 10.6. The van der Waals surface area contributed by atoms with Crippen LogP contribution in [0, 0.1) is 6.92 Å². The van der Waals surface area contributed by atoms with Gasteiger partial charge in [-0.15, -0.1) is 11.3 Å². The number of nitrogens with zero attached hydrogens (tertiary/aromatic N) is 2. The van der Waals surface area contributed by atoms with Gasteiger partial charge in [0, 0.05) is 29.9 Å². The SMILES string of the molecule is Cc1cc[nH]c1-c1cn2c(CCN)csc2n1. The molecule has 0 aliphatic rings. The number of aromatic nitrogens is 3. The lowest BCUT2D eigenvalue weighted by Gasteiger charge is -1.95. The van der Waals surface area contributed by atoms with Gasteiger partial charge < -0.3 is 10.7 Å². The summed E-state index contributed by atoms with van der Waals surface area (Å²) in [6.45, 7) is 2.75. The molecule has 0 unspecified atom stereocenters. The smallest absolute Gasteiger partial charge is 0.194 e. The molecule has 3 N–H and O–H groups in total. The normalized spacial score (nSPS) is 11.4. The van der Waals surface area contributed by atoms with Gasteiger partial charge >= 0.3 is 0 Å². The lowest BCUT2D eigenvalue weighted by Crippen LogP contribution is -2.04. The van der Waals surface area contributed by atoms with E-state index in [1.54, 1.807) is 11.3 Å². The molecular formula is C12H14N4S. The van der Waals surface area contributed by atoms with Crippen molar-refractivity contribution in [2.24, 2.45) is 5.73 Å². The molecule has 0 aromatic carbocycles. The largest absolute Gasteiger partial charge is 0.360 e. The maximum atomic E-state index is 5.60. The Balaban J connectivity index is 2.11. The third-order valence-electron chi connectivity index (χ3n) is 2.90. The summed E-state index contributed by atoms with van der Waals surface area (Å²) >= 11 is 1.66. The minimum atomic E-state index is 0.668. The lowest BCUT2D eigenvalue weighted by atomic mass is 10.2. The second kappa shape index (κ2) is 4.01. The highest BCUT2D eigenvalue weighted by atomic mass is 32.1. The van der Waals surface area contributed by atoms with E-state index >= 15 is 0 Å². The van der Waals surface area contributed by atoms with E-state index in [2.05, 4.69) is 38.9 Å². The fourth-order valence-electron chi connectivity index (χ4n) is 2.00. The van der Waals surface area contributed by atoms with Crippen molar-refractivity contribution in [1.82, 2.24) is 14.4 Å². The number of fused-ring (bicyclic) bond motifs is 1. The van der Waals surface area contributed by atoms with E-state index < -0.39 is 0 Å². The highest BCUT2D eigenvalue weighted by Crippen LogP contribution is 2.24. The summed E-state index contributed by atoms with van der Waals surface area (Å²) in [5, 5.41) is 2.13. The zero-order valence-corrected chi connectivity index (χ0v) is 10.4. The first-order valence-electron chi connectivity index (χ1n) is 5.59. The van der Waals surface area contributed by atoms with E-state index in [1.807, 2.05) is 6.20 Å². The van der Waals surface area contributed by atoms with Crippen LogP contribution in [0.15, 0.2) is 23.8 Å². The minimum absolute atomic E-state index is 0.668. The number of rotatable bonds is 3. The average Bonchev–Trinajstić information content (AvgIpc) is 2.95. The van der Waals surface area contributed by atoms with E-state index in [4.69, 9.17) is 5.73 Å². The van der Waals surface area contributed by atoms with E-state index in [0.29, 0.717) is 6.54 Å². The van der Waals surface area contributed by atoms with Crippen LogP contribution in [0.4, 0.5) is 0 Å². The first-order chi connectivity index (χ1) is 8.29. The molecule has 0 aliphatic heterocycles. The molecule has 0 amide bonds. The second-order valence-corrected chi connectivity index (χ2v) is 4.92. The summed E-state index contributed by atoms with van der Waals surface area (Å²) in [7, 11) is 0. The fraction of sp³-hybridized carbons (Fsp3) is 0.250. The van der Waals surface area contributed by atoms with Crippen LogP contribution in [0.1, 0.15) is 11.3 Å². The summed E-state index contributed by atoms with van der Waals surface area (Å²) in [5.74, 6) is 0. The summed E-state index contributed by atoms with van der Waals surface area (Å²) in [6, 6.07) is 2.06. The number of hydrogen-bond donors (Lipinski definition) is 2. The Morgan fingerprint density at radius 3 is 3.12 bits per heavy atom. The van der Waals surface area contributed by atoms with Crippen molar-refractivity contribution in [3.05, 3.63) is 35.1 Å². The average molecular weight is 246 g/mol. The monoisotopic (exact) mass is 246 g/mol. The van der Waals surface area contributed by atoms with Crippen molar-refractivity contribution >= 4 is 16.3 Å². The molecule has 4 nitrogen and oxygen atoms in total. The van der Waals surface area contributed by atoms with Crippen LogP contribution in [0.5, 0.6) is 0 Å². The van der Waals surface area contributed by atoms with Crippen LogP contribution < -0.4 is 5.73 Å². The molecule has 0 radical (unpaired) electrons. The molecule has 0 atom stereocenters. The lowest BCUT2D eigenvalue weighted by molar-refractivity contribution is 0.909. The molecule has 5 heteroatoms. The molecule has 0 spiro atoms. The standard InChI is InChI=1S/C12H14N4S/c1-8-3-5-14-11(8)10-6-16-9(2-4-13)7-17-12(16)15-10/h3,5-7,14H,2,4,13H2,1H3. The van der Waals surface area contributed by atoms with Gasteiger partial charge in [0.2, 0.25) is 0 Å². The maximum Gasteiger partial charge on any atom is 0.194 e. The van der Waals surface area contributed by atoms with E-state index in [9.17, 15) is 0 Å². The Bertz CT molecular complexity index is 646. The van der Waals surface area contributed by atoms with Gasteiger partial charge in [0.25, 0.3) is 0 Å². The van der Waals surface area contributed by atoms with Crippen molar-refractivity contribution < 1.29 is 0 Å². The maximum absolute atomic E-state index is 5.60. The topological polar surface area (TPSA) is 59.1 Å². The first-order valence-corrected chi connectivity index (χ1v) is 6.47. The molecule has 3 aromatic rings. The van der Waals surface area contributed by atoms with Crippen molar-refractivity contribution in [1.29, 1.82) is 0 Å². The van der Waals surface area contributed by atoms with Gasteiger partial charge in [-0.3, -0.25) is 4.40 Å². The molecule has 0 bridgehead atoms. The van der Waals surface area contributed by atoms with Crippen molar-refractivity contribution in [2.45, 2.75) is 13.3 Å². The highest BCUT2D eigenvalue weighted by Gasteiger charge is 2.11. The van der Waals surface area contributed by atoms with Gasteiger partial charge in [-0.05, 0) is 25.1 Å². The Morgan fingerprint density at radius 1 is 1.53 bits per heavy atom. The van der Waals surface area contributed by atoms with Crippen LogP contribution >= 0.6 is 11.3 Å². The zero-order valence-electron chi connectivity index (χ0n) is 9.60. The van der Waals surface area contributed by atoms with Crippen LogP contribution in [0.3, 0.4) is 0 Å². The molecule has 0 aliphatic carbocycles. The Morgan fingerprint density at radius 2 is 2.41 bits per heavy atom. The van der Waals surface area contributed by atoms with Crippen LogP contribution in [0.25, 0.3) is 16.3 Å². The number of aryl methyl sites for hydroxylation is 1. The van der Waals surface area contributed by atoms with Crippen molar-refractivity contribution in [3.63, 3.8) is 0 Å². The van der Waals surface area contributed by atoms with Crippen LogP contribution in [0.2, 0.25) is 0 Å². The number of thiazole rings is 1. The van der Waals surface area contributed by atoms with Gasteiger partial charge in [-0.25, -0.2) is 4.98 Å². The molecule has 0 saturated carbocycles. The molecule has 88 valence electrons. The summed E-state index contributed by atoms with van der Waals surface area (Å²) in [4.78, 5) is 8.88. The molecule has 3 heterocycles. The van der Waals surface area contributed by atoms with Crippen LogP contribution in [-0.4, -0.2) is 20.9 Å². The second-order valence-electron chi connectivity index (χ2n) is 4.08. The Hall–Kier alpha value is -1.59. The number of nitrogens with two attached hydrogens (primary N) is 1. The summed E-state index contributed by atoms with van der Waals surface area (Å²) in [5.41, 5.74) is 10.1. The summed E-state index contributed by atoms with van der Waals surface area (Å²) in [6.07, 6.45) is 4.91. The van der Waals surface area contributed by atoms with Crippen molar-refractivity contribution in [3.8, 4) is 11.4 Å². The predicted molar refractivity (Wildman–Crippen MR) is 70.4 cm³/mol. The van der Waals surface area contributed by atoms with Gasteiger partial charge in [-0.2, -0.15) is 0 Å². The summed E-state index contributed by atoms with van der Waals surface area (Å²) < 4.78 is 2.13. The number of aromatic amines is 1. The zero-order chi connectivity index (χ0) is 11.8. The van der Waals surface area contributed by atoms with Gasteiger partial charge in [0.15, 0.2) is 4.96 Å². The Kier molecular flexibility index (Phi) is 2.49. The fourth-order valence-corrected chi connectivity index (χ4v) is 2.91. The molecule has 0 fully saturated rings. The predicted octanol–water partition coefficient (Wildman–Crippen LogP) is 2.20. The van der Waals surface area contributed by atoms with E-state index in [0.717, 1.165) is 22.8 Å². The number of imidazole rings is 1. The van der Waals surface area contributed by atoms with Gasteiger partial charge in [0.05, 0.1) is 5.69 Å². The number of hydrogen-bond acceptors (Lipinski definition) is 3. The molecule has 3 rings (SSSR count). The van der Waals surface area contributed by atoms with Gasteiger partial charge in [0.1, 0.15) is 5.69 Å².